The van der Waals surface area contributed by atoms with Gasteiger partial charge in [-0.1, -0.05) is 22.0 Å². The molecular weight excluding hydrogens is 324 g/mol. The average molecular weight is 345 g/mol. The number of nitrogens with one attached hydrogen (secondary N) is 1. The highest BCUT2D eigenvalue weighted by atomic mass is 79.9. The summed E-state index contributed by atoms with van der Waals surface area (Å²) in [5.74, 6) is 0. The van der Waals surface area contributed by atoms with Gasteiger partial charge in [-0.05, 0) is 45.9 Å². The normalized spacial score (nSPS) is 12.9. The molecule has 112 valence electrons. The van der Waals surface area contributed by atoms with Crippen molar-refractivity contribution in [3.05, 3.63) is 28.2 Å². The molecule has 0 aliphatic rings. The Labute approximate surface area is 127 Å². The Kier molecular flexibility index (Phi) is 5.98. The van der Waals surface area contributed by atoms with E-state index in [-0.39, 0.29) is 0 Å². The molecule has 0 spiro atoms. The maximum atomic E-state index is 11.8. The van der Waals surface area contributed by atoms with Gasteiger partial charge in [0.15, 0.2) is 0 Å². The third kappa shape index (κ3) is 5.48. The van der Waals surface area contributed by atoms with Crippen LogP contribution in [0.2, 0.25) is 0 Å². The summed E-state index contributed by atoms with van der Waals surface area (Å²) in [5.41, 5.74) is 6.00. The van der Waals surface area contributed by atoms with Crippen LogP contribution < -0.4 is 11.1 Å². The Morgan fingerprint density at radius 1 is 1.50 bits per heavy atom. The number of aliphatic hydroxyl groups is 1. The minimum atomic E-state index is -0.724. The molecule has 1 unspecified atom stereocenters. The molecule has 20 heavy (non-hydrogen) atoms. The number of benzene rings is 1. The Hall–Kier alpha value is -1.11. The molecule has 0 aromatic heterocycles. The number of hydrogen-bond acceptors (Lipinski definition) is 4. The first-order valence-corrected chi connectivity index (χ1v) is 7.20. The van der Waals surface area contributed by atoms with E-state index < -0.39 is 17.8 Å². The zero-order chi connectivity index (χ0) is 15.3. The summed E-state index contributed by atoms with van der Waals surface area (Å²) in [6, 6.07) is 5.27. The summed E-state index contributed by atoms with van der Waals surface area (Å²) in [5, 5.41) is 12.7. The zero-order valence-corrected chi connectivity index (χ0v) is 13.5. The number of ether oxygens (including phenoxy) is 1. The van der Waals surface area contributed by atoms with E-state index in [2.05, 4.69) is 21.2 Å². The van der Waals surface area contributed by atoms with E-state index >= 15 is 0 Å². The number of anilines is 1. The van der Waals surface area contributed by atoms with Crippen molar-refractivity contribution in [2.24, 2.45) is 5.73 Å². The number of rotatable bonds is 4. The molecule has 1 amide bonds. The SMILES string of the molecule is CC(C)(C)OC(=O)Nc1cc(Br)ccc1C(O)CCN. The summed E-state index contributed by atoms with van der Waals surface area (Å²) < 4.78 is 6.00. The molecule has 0 saturated heterocycles. The van der Waals surface area contributed by atoms with Crippen LogP contribution in [-0.4, -0.2) is 23.3 Å². The molecule has 6 heteroatoms. The van der Waals surface area contributed by atoms with Crippen molar-refractivity contribution in [1.82, 2.24) is 0 Å². The number of carbonyl (C=O) groups is 1. The van der Waals surface area contributed by atoms with Crippen LogP contribution in [0.5, 0.6) is 0 Å². The van der Waals surface area contributed by atoms with Gasteiger partial charge in [-0.3, -0.25) is 5.32 Å². The third-order valence-corrected chi connectivity index (χ3v) is 2.94. The molecule has 0 heterocycles. The van der Waals surface area contributed by atoms with Crippen molar-refractivity contribution in [2.75, 3.05) is 11.9 Å². The fourth-order valence-corrected chi connectivity index (χ4v) is 2.02. The monoisotopic (exact) mass is 344 g/mol. The van der Waals surface area contributed by atoms with Crippen LogP contribution in [0.4, 0.5) is 10.5 Å². The summed E-state index contributed by atoms with van der Waals surface area (Å²) in [6.07, 6.45) is -0.861. The van der Waals surface area contributed by atoms with Crippen LogP contribution in [0.1, 0.15) is 38.9 Å². The van der Waals surface area contributed by atoms with Crippen molar-refractivity contribution >= 4 is 27.7 Å². The fraction of sp³-hybridized carbons (Fsp3) is 0.500. The molecule has 1 aromatic carbocycles. The fourth-order valence-electron chi connectivity index (χ4n) is 1.65. The smallest absolute Gasteiger partial charge is 0.412 e. The first-order valence-electron chi connectivity index (χ1n) is 6.40. The summed E-state index contributed by atoms with van der Waals surface area (Å²) >= 11 is 3.34. The van der Waals surface area contributed by atoms with E-state index in [1.165, 1.54) is 0 Å². The van der Waals surface area contributed by atoms with Gasteiger partial charge in [-0.15, -0.1) is 0 Å². The molecule has 0 aliphatic carbocycles. The first-order chi connectivity index (χ1) is 9.23. The Bertz CT molecular complexity index is 472. The van der Waals surface area contributed by atoms with Crippen molar-refractivity contribution in [3.8, 4) is 0 Å². The number of nitrogens with two attached hydrogens (primary N) is 1. The molecule has 1 atom stereocenters. The van der Waals surface area contributed by atoms with Gasteiger partial charge >= 0.3 is 6.09 Å². The van der Waals surface area contributed by atoms with Gasteiger partial charge in [0.2, 0.25) is 0 Å². The highest BCUT2D eigenvalue weighted by Gasteiger charge is 2.19. The molecule has 1 aromatic rings. The maximum absolute atomic E-state index is 11.8. The second-order valence-corrected chi connectivity index (χ2v) is 6.37. The van der Waals surface area contributed by atoms with Crippen LogP contribution in [0, 0.1) is 0 Å². The number of hydrogen-bond donors (Lipinski definition) is 3. The zero-order valence-electron chi connectivity index (χ0n) is 11.9. The predicted molar refractivity (Wildman–Crippen MR) is 82.6 cm³/mol. The highest BCUT2D eigenvalue weighted by Crippen LogP contribution is 2.28. The van der Waals surface area contributed by atoms with Crippen LogP contribution in [0.25, 0.3) is 0 Å². The van der Waals surface area contributed by atoms with Gasteiger partial charge in [-0.2, -0.15) is 0 Å². The lowest BCUT2D eigenvalue weighted by atomic mass is 10.0. The lowest BCUT2D eigenvalue weighted by Crippen LogP contribution is -2.27. The third-order valence-electron chi connectivity index (χ3n) is 2.45. The number of aliphatic hydroxyl groups excluding tert-OH is 1. The lowest BCUT2D eigenvalue weighted by molar-refractivity contribution is 0.0635. The predicted octanol–water partition coefficient (Wildman–Crippen LogP) is 3.18. The van der Waals surface area contributed by atoms with E-state index in [1.54, 1.807) is 39.0 Å². The Balaban J connectivity index is 2.92. The summed E-state index contributed by atoms with van der Waals surface area (Å²) in [6.45, 7) is 5.73. The number of halogens is 1. The molecule has 4 N–H and O–H groups in total. The molecular formula is C14H21BrN2O3. The molecule has 5 nitrogen and oxygen atoms in total. The highest BCUT2D eigenvalue weighted by molar-refractivity contribution is 9.10. The van der Waals surface area contributed by atoms with Crippen LogP contribution in [0.15, 0.2) is 22.7 Å². The van der Waals surface area contributed by atoms with Crippen molar-refractivity contribution in [3.63, 3.8) is 0 Å². The minimum Gasteiger partial charge on any atom is -0.444 e. The number of carbonyl (C=O) groups excluding carboxylic acids is 1. The molecule has 0 bridgehead atoms. The molecule has 0 fully saturated rings. The van der Waals surface area contributed by atoms with Crippen LogP contribution >= 0.6 is 15.9 Å². The van der Waals surface area contributed by atoms with E-state index in [9.17, 15) is 9.90 Å². The van der Waals surface area contributed by atoms with E-state index in [1.807, 2.05) is 0 Å². The second kappa shape index (κ2) is 7.06. The van der Waals surface area contributed by atoms with Gasteiger partial charge in [0.1, 0.15) is 5.60 Å². The molecule has 1 rings (SSSR count). The topological polar surface area (TPSA) is 84.6 Å². The van der Waals surface area contributed by atoms with Gasteiger partial charge in [0.05, 0.1) is 11.8 Å². The Morgan fingerprint density at radius 2 is 2.15 bits per heavy atom. The van der Waals surface area contributed by atoms with Crippen molar-refractivity contribution < 1.29 is 14.6 Å². The van der Waals surface area contributed by atoms with Gasteiger partial charge in [-0.25, -0.2) is 4.79 Å². The quantitative estimate of drug-likeness (QED) is 0.783. The largest absolute Gasteiger partial charge is 0.444 e. The van der Waals surface area contributed by atoms with E-state index in [0.29, 0.717) is 24.2 Å². The minimum absolute atomic E-state index is 0.364. The summed E-state index contributed by atoms with van der Waals surface area (Å²) in [4.78, 5) is 11.8. The lowest BCUT2D eigenvalue weighted by Gasteiger charge is -2.21. The van der Waals surface area contributed by atoms with Crippen molar-refractivity contribution in [1.29, 1.82) is 0 Å². The Morgan fingerprint density at radius 3 is 2.70 bits per heavy atom. The molecule has 0 aliphatic heterocycles. The van der Waals surface area contributed by atoms with Crippen LogP contribution in [0.3, 0.4) is 0 Å². The van der Waals surface area contributed by atoms with Crippen molar-refractivity contribution in [2.45, 2.75) is 38.9 Å². The summed E-state index contributed by atoms with van der Waals surface area (Å²) in [7, 11) is 0. The van der Waals surface area contributed by atoms with Gasteiger partial charge in [0.25, 0.3) is 0 Å². The first kappa shape index (κ1) is 16.9. The standard InChI is InChI=1S/C14H21BrN2O3/c1-14(2,3)20-13(19)17-11-8-9(15)4-5-10(11)12(18)6-7-16/h4-5,8,12,18H,6-7,16H2,1-3H3,(H,17,19). The number of amides is 1. The van der Waals surface area contributed by atoms with Gasteiger partial charge < -0.3 is 15.6 Å². The van der Waals surface area contributed by atoms with E-state index in [4.69, 9.17) is 10.5 Å². The van der Waals surface area contributed by atoms with Crippen LogP contribution in [-0.2, 0) is 4.74 Å². The maximum Gasteiger partial charge on any atom is 0.412 e. The average Bonchev–Trinajstić information content (AvgIpc) is 2.26. The molecule has 0 saturated carbocycles. The molecule has 0 radical (unpaired) electrons. The van der Waals surface area contributed by atoms with E-state index in [0.717, 1.165) is 4.47 Å². The van der Waals surface area contributed by atoms with Gasteiger partial charge in [0, 0.05) is 10.0 Å². The second-order valence-electron chi connectivity index (χ2n) is 5.45.